The molecule has 5 heteroatoms. The lowest BCUT2D eigenvalue weighted by atomic mass is 9.93. The van der Waals surface area contributed by atoms with Crippen LogP contribution in [0.3, 0.4) is 0 Å². The van der Waals surface area contributed by atoms with Crippen molar-refractivity contribution in [1.82, 2.24) is 9.88 Å². The summed E-state index contributed by atoms with van der Waals surface area (Å²) in [5, 5.41) is 2.11. The van der Waals surface area contributed by atoms with E-state index in [1.807, 2.05) is 60.4 Å². The predicted molar refractivity (Wildman–Crippen MR) is 114 cm³/mol. The van der Waals surface area contributed by atoms with Crippen molar-refractivity contribution < 1.29 is 9.21 Å². The molecule has 0 radical (unpaired) electrons. The van der Waals surface area contributed by atoms with Crippen LogP contribution in [0.2, 0.25) is 0 Å². The van der Waals surface area contributed by atoms with E-state index in [1.165, 1.54) is 10.4 Å². The Kier molecular flexibility index (Phi) is 4.52. The topological polar surface area (TPSA) is 46.3 Å². The normalized spacial score (nSPS) is 15.9. The van der Waals surface area contributed by atoms with Crippen LogP contribution in [0.4, 0.5) is 0 Å². The lowest BCUT2D eigenvalue weighted by Crippen LogP contribution is -2.40. The molecule has 2 aromatic heterocycles. The van der Waals surface area contributed by atoms with Crippen LogP contribution in [0.1, 0.15) is 38.3 Å². The average molecular weight is 401 g/mol. The van der Waals surface area contributed by atoms with Gasteiger partial charge in [-0.05, 0) is 48.1 Å². The molecule has 2 aromatic carbocycles. The highest BCUT2D eigenvalue weighted by Crippen LogP contribution is 2.38. The number of hydrogen-bond acceptors (Lipinski definition) is 4. The minimum atomic E-state index is -0.102. The Bertz CT molecular complexity index is 1150. The summed E-state index contributed by atoms with van der Waals surface area (Å²) in [6.45, 7) is 2.48. The first-order valence-electron chi connectivity index (χ1n) is 9.67. The van der Waals surface area contributed by atoms with Crippen LogP contribution in [0.5, 0.6) is 0 Å². The molecule has 1 aliphatic rings. The third-order valence-electron chi connectivity index (χ3n) is 5.36. The maximum Gasteiger partial charge on any atom is 0.276 e. The number of thiophene rings is 1. The molecule has 1 aliphatic heterocycles. The maximum absolute atomic E-state index is 13.6. The van der Waals surface area contributed by atoms with Crippen LogP contribution in [-0.2, 0) is 6.42 Å². The molecule has 0 N–H and O–H groups in total. The Morgan fingerprint density at radius 1 is 1.07 bits per heavy atom. The first-order valence-corrected chi connectivity index (χ1v) is 10.6. The second kappa shape index (κ2) is 7.33. The molecule has 0 saturated heterocycles. The summed E-state index contributed by atoms with van der Waals surface area (Å²) in [7, 11) is 0. The van der Waals surface area contributed by atoms with Crippen molar-refractivity contribution in [2.24, 2.45) is 0 Å². The third-order valence-corrected chi connectivity index (χ3v) is 6.36. The molecule has 3 heterocycles. The zero-order chi connectivity index (χ0) is 19.8. The van der Waals surface area contributed by atoms with E-state index in [9.17, 15) is 4.79 Å². The van der Waals surface area contributed by atoms with Crippen molar-refractivity contribution in [3.63, 3.8) is 0 Å². The van der Waals surface area contributed by atoms with E-state index in [0.29, 0.717) is 23.9 Å². The van der Waals surface area contributed by atoms with Crippen LogP contribution in [0, 0.1) is 6.92 Å². The molecule has 4 nitrogen and oxygen atoms in total. The highest BCUT2D eigenvalue weighted by atomic mass is 32.1. The van der Waals surface area contributed by atoms with Crippen LogP contribution in [0.15, 0.2) is 76.5 Å². The number of aryl methyl sites for hydroxylation is 1. The molecular weight excluding hydrogens is 380 g/mol. The largest absolute Gasteiger partial charge is 0.441 e. The summed E-state index contributed by atoms with van der Waals surface area (Å²) in [4.78, 5) is 21.4. The summed E-state index contributed by atoms with van der Waals surface area (Å²) in [6, 6.07) is 21.9. The van der Waals surface area contributed by atoms with Crippen LogP contribution in [0.25, 0.3) is 11.5 Å². The Hall–Kier alpha value is -3.18. The molecule has 144 valence electrons. The van der Waals surface area contributed by atoms with Gasteiger partial charge in [0.05, 0.1) is 6.04 Å². The first-order chi connectivity index (χ1) is 14.2. The van der Waals surface area contributed by atoms with Gasteiger partial charge in [-0.2, -0.15) is 0 Å². The van der Waals surface area contributed by atoms with Gasteiger partial charge in [0.1, 0.15) is 5.76 Å². The second-order valence-corrected chi connectivity index (χ2v) is 8.15. The van der Waals surface area contributed by atoms with E-state index in [2.05, 4.69) is 28.6 Å². The third kappa shape index (κ3) is 3.17. The molecule has 0 aliphatic carbocycles. The summed E-state index contributed by atoms with van der Waals surface area (Å²) >= 11 is 1.77. The number of amides is 1. The monoisotopic (exact) mass is 400 g/mol. The van der Waals surface area contributed by atoms with E-state index in [0.717, 1.165) is 17.5 Å². The van der Waals surface area contributed by atoms with Gasteiger partial charge in [-0.1, -0.05) is 48.5 Å². The molecule has 0 spiro atoms. The molecule has 0 bridgehead atoms. The molecule has 0 fully saturated rings. The van der Waals surface area contributed by atoms with Gasteiger partial charge in [-0.15, -0.1) is 11.3 Å². The van der Waals surface area contributed by atoms with E-state index in [-0.39, 0.29) is 11.9 Å². The van der Waals surface area contributed by atoms with E-state index >= 15 is 0 Å². The fraction of sp³-hybridized carbons (Fsp3) is 0.167. The summed E-state index contributed by atoms with van der Waals surface area (Å²) in [6.07, 6.45) is 0.866. The number of fused-ring (bicyclic) bond motifs is 1. The molecule has 5 rings (SSSR count). The average Bonchev–Trinajstić information content (AvgIpc) is 3.40. The molecular formula is C24H20N2O2S. The lowest BCUT2D eigenvalue weighted by Gasteiger charge is -2.36. The van der Waals surface area contributed by atoms with Gasteiger partial charge >= 0.3 is 0 Å². The zero-order valence-corrected chi connectivity index (χ0v) is 16.9. The predicted octanol–water partition coefficient (Wildman–Crippen LogP) is 5.50. The highest BCUT2D eigenvalue weighted by Gasteiger charge is 2.35. The number of nitrogens with zero attached hydrogens (tertiary/aromatic N) is 2. The summed E-state index contributed by atoms with van der Waals surface area (Å²) < 4.78 is 5.85. The second-order valence-electron chi connectivity index (χ2n) is 7.15. The van der Waals surface area contributed by atoms with Gasteiger partial charge in [-0.25, -0.2) is 4.98 Å². The number of aromatic nitrogens is 1. The molecule has 29 heavy (non-hydrogen) atoms. The van der Waals surface area contributed by atoms with Crippen LogP contribution in [-0.4, -0.2) is 22.3 Å². The number of oxazole rings is 1. The molecule has 1 atom stereocenters. The number of rotatable bonds is 3. The minimum Gasteiger partial charge on any atom is -0.441 e. The Labute approximate surface area is 173 Å². The fourth-order valence-electron chi connectivity index (χ4n) is 3.97. The lowest BCUT2D eigenvalue weighted by molar-refractivity contribution is 0.0689. The molecule has 0 saturated carbocycles. The van der Waals surface area contributed by atoms with Crippen LogP contribution >= 0.6 is 11.3 Å². The van der Waals surface area contributed by atoms with Crippen molar-refractivity contribution in [1.29, 1.82) is 0 Å². The quantitative estimate of drug-likeness (QED) is 0.456. The smallest absolute Gasteiger partial charge is 0.276 e. The molecule has 1 amide bonds. The first kappa shape index (κ1) is 17.9. The van der Waals surface area contributed by atoms with Crippen molar-refractivity contribution in [3.8, 4) is 11.5 Å². The number of carbonyl (C=O) groups excluding carboxylic acids is 1. The van der Waals surface area contributed by atoms with Crippen molar-refractivity contribution in [3.05, 3.63) is 99.6 Å². The standard InChI is InChI=1S/C24H20N2O2S/c1-16-21(25-23(28-16)18-10-6-3-7-11-18)24(27)26-14-12-20-19(13-15-29-20)22(26)17-8-4-2-5-9-17/h2-11,13,15,22H,12,14H2,1H3. The van der Waals surface area contributed by atoms with Crippen molar-refractivity contribution in [2.45, 2.75) is 19.4 Å². The Morgan fingerprint density at radius 2 is 1.79 bits per heavy atom. The molecule has 1 unspecified atom stereocenters. The Balaban J connectivity index is 1.55. The van der Waals surface area contributed by atoms with Gasteiger partial charge in [0, 0.05) is 17.0 Å². The number of carbonyl (C=O) groups is 1. The van der Waals surface area contributed by atoms with Gasteiger partial charge < -0.3 is 9.32 Å². The Morgan fingerprint density at radius 3 is 2.55 bits per heavy atom. The van der Waals surface area contributed by atoms with E-state index in [1.54, 1.807) is 11.3 Å². The van der Waals surface area contributed by atoms with Gasteiger partial charge in [0.25, 0.3) is 5.91 Å². The SMILES string of the molecule is Cc1oc(-c2ccccc2)nc1C(=O)N1CCc2sccc2C1c1ccccc1. The number of hydrogen-bond donors (Lipinski definition) is 0. The van der Waals surface area contributed by atoms with Crippen molar-refractivity contribution in [2.75, 3.05) is 6.54 Å². The highest BCUT2D eigenvalue weighted by molar-refractivity contribution is 7.10. The number of benzene rings is 2. The van der Waals surface area contributed by atoms with Crippen molar-refractivity contribution >= 4 is 17.2 Å². The minimum absolute atomic E-state index is 0.0841. The van der Waals surface area contributed by atoms with Gasteiger partial charge in [0.2, 0.25) is 5.89 Å². The maximum atomic E-state index is 13.6. The zero-order valence-electron chi connectivity index (χ0n) is 16.0. The van der Waals surface area contributed by atoms with Gasteiger partial charge in [0.15, 0.2) is 5.69 Å². The fourth-order valence-corrected chi connectivity index (χ4v) is 4.87. The van der Waals surface area contributed by atoms with Crippen LogP contribution < -0.4 is 0 Å². The van der Waals surface area contributed by atoms with E-state index in [4.69, 9.17) is 4.42 Å². The van der Waals surface area contributed by atoms with E-state index < -0.39 is 0 Å². The van der Waals surface area contributed by atoms with Gasteiger partial charge in [-0.3, -0.25) is 4.79 Å². The molecule has 4 aromatic rings. The summed E-state index contributed by atoms with van der Waals surface area (Å²) in [5.41, 5.74) is 3.59. The summed E-state index contributed by atoms with van der Waals surface area (Å²) in [5.74, 6) is 0.951.